The molecule has 3 nitrogen and oxygen atoms in total. The highest BCUT2D eigenvalue weighted by atomic mass is 19.1. The van der Waals surface area contributed by atoms with Crippen molar-refractivity contribution in [2.45, 2.75) is 44.8 Å². The maximum Gasteiger partial charge on any atom is 0.125 e. The van der Waals surface area contributed by atoms with Crippen LogP contribution in [0, 0.1) is 5.82 Å². The molecule has 1 saturated heterocycles. The molecule has 3 rings (SSSR count). The van der Waals surface area contributed by atoms with Crippen LogP contribution in [0.15, 0.2) is 18.2 Å². The van der Waals surface area contributed by atoms with Crippen LogP contribution in [0.2, 0.25) is 0 Å². The normalized spacial score (nSPS) is 24.6. The van der Waals surface area contributed by atoms with Crippen LogP contribution in [-0.4, -0.2) is 36.7 Å². The first-order chi connectivity index (χ1) is 10.2. The van der Waals surface area contributed by atoms with Crippen LogP contribution in [0.25, 0.3) is 0 Å². The molecular formula is C17H25FN2O. The molecule has 2 aliphatic heterocycles. The Morgan fingerprint density at radius 1 is 1.33 bits per heavy atom. The van der Waals surface area contributed by atoms with E-state index in [-0.39, 0.29) is 17.5 Å². The number of piperidine rings is 1. The topological polar surface area (TPSA) is 24.5 Å². The zero-order valence-corrected chi connectivity index (χ0v) is 13.0. The van der Waals surface area contributed by atoms with Gasteiger partial charge in [-0.15, -0.1) is 0 Å². The van der Waals surface area contributed by atoms with Gasteiger partial charge in [0.2, 0.25) is 0 Å². The van der Waals surface area contributed by atoms with E-state index in [9.17, 15) is 4.39 Å². The molecule has 0 aliphatic carbocycles. The maximum absolute atomic E-state index is 13.5. The number of hydrogen-bond acceptors (Lipinski definition) is 3. The number of rotatable bonds is 3. The van der Waals surface area contributed by atoms with Gasteiger partial charge in [-0.1, -0.05) is 13.8 Å². The molecule has 1 aromatic carbocycles. The van der Waals surface area contributed by atoms with E-state index in [1.807, 2.05) is 0 Å². The van der Waals surface area contributed by atoms with Gasteiger partial charge in [-0.25, -0.2) is 4.39 Å². The van der Waals surface area contributed by atoms with Gasteiger partial charge in [0.25, 0.3) is 0 Å². The highest BCUT2D eigenvalue weighted by Crippen LogP contribution is 2.44. The van der Waals surface area contributed by atoms with Crippen LogP contribution in [-0.2, 0) is 0 Å². The van der Waals surface area contributed by atoms with E-state index >= 15 is 0 Å². The van der Waals surface area contributed by atoms with E-state index in [2.05, 4.69) is 24.1 Å². The summed E-state index contributed by atoms with van der Waals surface area (Å²) in [4.78, 5) is 2.47. The minimum Gasteiger partial charge on any atom is -0.487 e. The van der Waals surface area contributed by atoms with Crippen LogP contribution >= 0.6 is 0 Å². The lowest BCUT2D eigenvalue weighted by Gasteiger charge is -2.47. The maximum atomic E-state index is 13.5. The van der Waals surface area contributed by atoms with Crippen LogP contribution in [0.5, 0.6) is 5.75 Å². The summed E-state index contributed by atoms with van der Waals surface area (Å²) in [5.41, 5.74) is 0.893. The Morgan fingerprint density at radius 2 is 2.10 bits per heavy atom. The number of fused-ring (bicyclic) bond motifs is 1. The van der Waals surface area contributed by atoms with Crippen molar-refractivity contribution in [3.63, 3.8) is 0 Å². The zero-order valence-electron chi connectivity index (χ0n) is 13.0. The van der Waals surface area contributed by atoms with Gasteiger partial charge in [0.1, 0.15) is 17.2 Å². The summed E-state index contributed by atoms with van der Waals surface area (Å²) < 4.78 is 19.9. The van der Waals surface area contributed by atoms with E-state index in [4.69, 9.17) is 4.74 Å². The first-order valence-corrected chi connectivity index (χ1v) is 8.10. The van der Waals surface area contributed by atoms with E-state index in [0.717, 1.165) is 56.8 Å². The van der Waals surface area contributed by atoms with Crippen molar-refractivity contribution in [3.8, 4) is 5.75 Å². The predicted octanol–water partition coefficient (Wildman–Crippen LogP) is 3.11. The number of halogens is 1. The van der Waals surface area contributed by atoms with E-state index < -0.39 is 0 Å². The third kappa shape index (κ3) is 2.92. The van der Waals surface area contributed by atoms with Gasteiger partial charge in [0.15, 0.2) is 0 Å². The largest absolute Gasteiger partial charge is 0.487 e. The summed E-state index contributed by atoms with van der Waals surface area (Å²) in [6.07, 6.45) is 3.05. The number of likely N-dealkylation sites (tertiary alicyclic amines) is 1. The Kier molecular flexibility index (Phi) is 4.18. The van der Waals surface area contributed by atoms with Gasteiger partial charge < -0.3 is 15.0 Å². The quantitative estimate of drug-likeness (QED) is 0.926. The Labute approximate surface area is 126 Å². The van der Waals surface area contributed by atoms with Crippen LogP contribution in [0.4, 0.5) is 4.39 Å². The minimum absolute atomic E-state index is 0.0800. The van der Waals surface area contributed by atoms with E-state index in [1.54, 1.807) is 12.1 Å². The fourth-order valence-electron chi connectivity index (χ4n) is 3.65. The summed E-state index contributed by atoms with van der Waals surface area (Å²) in [7, 11) is 0. The average molecular weight is 292 g/mol. The van der Waals surface area contributed by atoms with Gasteiger partial charge in [0.05, 0.1) is 0 Å². The molecule has 1 fully saturated rings. The SMILES string of the molecule is CCNC1CC2(CCN(CC)CC2)Oc2ccc(F)cc21. The predicted molar refractivity (Wildman–Crippen MR) is 82.1 cm³/mol. The van der Waals surface area contributed by atoms with Crippen molar-refractivity contribution in [1.29, 1.82) is 0 Å². The highest BCUT2D eigenvalue weighted by molar-refractivity contribution is 5.39. The van der Waals surface area contributed by atoms with Crippen molar-refractivity contribution < 1.29 is 9.13 Å². The molecule has 21 heavy (non-hydrogen) atoms. The first kappa shape index (κ1) is 14.8. The average Bonchev–Trinajstić information content (AvgIpc) is 2.49. The molecule has 1 unspecified atom stereocenters. The standard InChI is InChI=1S/C17H25FN2O/c1-3-19-15-12-17(7-9-20(4-2)10-8-17)21-16-6-5-13(18)11-14(15)16/h5-6,11,15,19H,3-4,7-10,12H2,1-2H3. The number of ether oxygens (including phenoxy) is 1. The van der Waals surface area contributed by atoms with Gasteiger partial charge >= 0.3 is 0 Å². The molecule has 1 atom stereocenters. The Bertz CT molecular complexity index is 498. The van der Waals surface area contributed by atoms with Gasteiger partial charge in [-0.3, -0.25) is 0 Å². The van der Waals surface area contributed by atoms with Crippen molar-refractivity contribution in [2.24, 2.45) is 0 Å². The molecule has 1 N–H and O–H groups in total. The van der Waals surface area contributed by atoms with Crippen molar-refractivity contribution in [2.75, 3.05) is 26.2 Å². The lowest BCUT2D eigenvalue weighted by Crippen LogP contribution is -2.51. The molecule has 0 saturated carbocycles. The van der Waals surface area contributed by atoms with Crippen LogP contribution < -0.4 is 10.1 Å². The van der Waals surface area contributed by atoms with E-state index in [1.165, 1.54) is 6.07 Å². The molecule has 0 amide bonds. The molecule has 2 heterocycles. The number of hydrogen-bond donors (Lipinski definition) is 1. The fraction of sp³-hybridized carbons (Fsp3) is 0.647. The van der Waals surface area contributed by atoms with Gasteiger partial charge in [-0.2, -0.15) is 0 Å². The van der Waals surface area contributed by atoms with Crippen LogP contribution in [0.3, 0.4) is 0 Å². The molecular weight excluding hydrogens is 267 g/mol. The smallest absolute Gasteiger partial charge is 0.125 e. The fourth-order valence-corrected chi connectivity index (χ4v) is 3.65. The third-order valence-electron chi connectivity index (χ3n) is 4.91. The second kappa shape index (κ2) is 5.93. The van der Waals surface area contributed by atoms with Crippen molar-refractivity contribution in [1.82, 2.24) is 10.2 Å². The van der Waals surface area contributed by atoms with E-state index in [0.29, 0.717) is 0 Å². The molecule has 116 valence electrons. The lowest BCUT2D eigenvalue weighted by molar-refractivity contribution is -0.0242. The third-order valence-corrected chi connectivity index (χ3v) is 4.91. The second-order valence-electron chi connectivity index (χ2n) is 6.22. The molecule has 4 heteroatoms. The van der Waals surface area contributed by atoms with Gasteiger partial charge in [-0.05, 0) is 44.1 Å². The summed E-state index contributed by atoms with van der Waals surface area (Å²) in [5.74, 6) is 0.676. The Balaban J connectivity index is 1.85. The monoisotopic (exact) mass is 292 g/mol. The Hall–Kier alpha value is -1.13. The second-order valence-corrected chi connectivity index (χ2v) is 6.22. The lowest BCUT2D eigenvalue weighted by atomic mass is 9.80. The van der Waals surface area contributed by atoms with Gasteiger partial charge in [0, 0.05) is 31.1 Å². The van der Waals surface area contributed by atoms with Crippen LogP contribution in [0.1, 0.15) is 44.7 Å². The minimum atomic E-state index is -0.183. The molecule has 0 radical (unpaired) electrons. The summed E-state index contributed by atoms with van der Waals surface area (Å²) in [5, 5.41) is 3.50. The Morgan fingerprint density at radius 3 is 2.76 bits per heavy atom. The molecule has 1 aromatic rings. The highest BCUT2D eigenvalue weighted by Gasteiger charge is 2.42. The number of nitrogens with zero attached hydrogens (tertiary/aromatic N) is 1. The number of nitrogens with one attached hydrogen (secondary N) is 1. The zero-order chi connectivity index (χ0) is 14.9. The van der Waals surface area contributed by atoms with Crippen molar-refractivity contribution in [3.05, 3.63) is 29.6 Å². The van der Waals surface area contributed by atoms with Crippen molar-refractivity contribution >= 4 is 0 Å². The molecule has 0 aromatic heterocycles. The first-order valence-electron chi connectivity index (χ1n) is 8.10. The summed E-state index contributed by atoms with van der Waals surface area (Å²) >= 11 is 0. The summed E-state index contributed by atoms with van der Waals surface area (Å²) in [6.45, 7) is 8.48. The molecule has 1 spiro atoms. The molecule has 0 bridgehead atoms. The summed E-state index contributed by atoms with van der Waals surface area (Å²) in [6, 6.07) is 5.11. The molecule has 2 aliphatic rings. The number of benzene rings is 1.